The van der Waals surface area contributed by atoms with Crippen molar-refractivity contribution >= 4 is 29.0 Å². The van der Waals surface area contributed by atoms with E-state index in [1.807, 2.05) is 61.5 Å². The van der Waals surface area contributed by atoms with Crippen LogP contribution in [-0.2, 0) is 0 Å². The molecular weight excluding hydrogens is 398 g/mol. The van der Waals surface area contributed by atoms with E-state index in [1.54, 1.807) is 18.9 Å². The minimum absolute atomic E-state index is 0.0640. The highest BCUT2D eigenvalue weighted by molar-refractivity contribution is 7.99. The topological polar surface area (TPSA) is 110 Å². The quantitative estimate of drug-likeness (QED) is 0.648. The van der Waals surface area contributed by atoms with Crippen molar-refractivity contribution in [3.05, 3.63) is 59.2 Å². The largest absolute Gasteiger partial charge is 0.497 e. The summed E-state index contributed by atoms with van der Waals surface area (Å²) in [6.45, 7) is 0. The molecule has 0 aliphatic carbocycles. The van der Waals surface area contributed by atoms with Gasteiger partial charge in [-0.1, -0.05) is 6.07 Å². The minimum atomic E-state index is -0.214. The summed E-state index contributed by atoms with van der Waals surface area (Å²) in [6.07, 6.45) is 0. The highest BCUT2D eigenvalue weighted by Gasteiger charge is 2.33. The molecule has 8 heteroatoms. The lowest BCUT2D eigenvalue weighted by Crippen LogP contribution is -2.16. The van der Waals surface area contributed by atoms with Gasteiger partial charge in [0.15, 0.2) is 0 Å². The molecule has 1 aromatic heterocycles. The van der Waals surface area contributed by atoms with Gasteiger partial charge in [-0.25, -0.2) is 0 Å². The normalized spacial score (nSPS) is 14.1. The van der Waals surface area contributed by atoms with Crippen LogP contribution >= 0.6 is 11.8 Å². The number of aromatic nitrogens is 1. The summed E-state index contributed by atoms with van der Waals surface area (Å²) < 4.78 is 11.3. The van der Waals surface area contributed by atoms with Crippen molar-refractivity contribution in [3.8, 4) is 23.4 Å². The van der Waals surface area contributed by atoms with Crippen molar-refractivity contribution in [2.45, 2.75) is 10.1 Å². The fourth-order valence-electron chi connectivity index (χ4n) is 3.34. The van der Waals surface area contributed by atoms with Crippen LogP contribution in [0.1, 0.15) is 21.9 Å². The summed E-state index contributed by atoms with van der Waals surface area (Å²) in [4.78, 5) is 7.36. The Morgan fingerprint density at radius 1 is 1.17 bits per heavy atom. The molecule has 1 atom stereocenters. The van der Waals surface area contributed by atoms with Crippen LogP contribution in [0.3, 0.4) is 0 Å². The van der Waals surface area contributed by atoms with Gasteiger partial charge in [0.25, 0.3) is 0 Å². The van der Waals surface area contributed by atoms with E-state index in [-0.39, 0.29) is 16.6 Å². The number of rotatable bonds is 4. The summed E-state index contributed by atoms with van der Waals surface area (Å²) in [5.74, 6) is 1.87. The van der Waals surface area contributed by atoms with Crippen molar-refractivity contribution in [1.29, 1.82) is 5.26 Å². The predicted molar refractivity (Wildman–Crippen MR) is 119 cm³/mol. The number of benzene rings is 2. The maximum Gasteiger partial charge on any atom is 0.228 e. The second kappa shape index (κ2) is 7.69. The Morgan fingerprint density at radius 2 is 1.90 bits per heavy atom. The molecule has 2 heterocycles. The summed E-state index contributed by atoms with van der Waals surface area (Å²) >= 11 is 1.60. The Bertz CT molecular complexity index is 1160. The van der Waals surface area contributed by atoms with Crippen LogP contribution in [0.2, 0.25) is 0 Å². The molecule has 3 aromatic rings. The zero-order valence-corrected chi connectivity index (χ0v) is 17.7. The first-order chi connectivity index (χ1) is 14.4. The number of ether oxygens (including phenoxy) is 2. The molecule has 0 amide bonds. The van der Waals surface area contributed by atoms with Crippen molar-refractivity contribution < 1.29 is 9.47 Å². The molecule has 1 aliphatic rings. The molecule has 0 bridgehead atoms. The second-order valence-electron chi connectivity index (χ2n) is 7.01. The third-order valence-corrected chi connectivity index (χ3v) is 6.23. The third kappa shape index (κ3) is 3.33. The maximum absolute atomic E-state index is 9.51. The van der Waals surface area contributed by atoms with Gasteiger partial charge in [0, 0.05) is 36.3 Å². The Kier molecular flexibility index (Phi) is 5.06. The Balaban J connectivity index is 1.87. The van der Waals surface area contributed by atoms with Crippen LogP contribution in [0, 0.1) is 11.3 Å². The predicted octanol–water partition coefficient (Wildman–Crippen LogP) is 4.18. The van der Waals surface area contributed by atoms with Gasteiger partial charge >= 0.3 is 0 Å². The minimum Gasteiger partial charge on any atom is -0.497 e. The highest BCUT2D eigenvalue weighted by Crippen LogP contribution is 2.54. The number of nitrogens with two attached hydrogens (primary N) is 2. The number of anilines is 3. The van der Waals surface area contributed by atoms with E-state index in [9.17, 15) is 5.26 Å². The van der Waals surface area contributed by atoms with Gasteiger partial charge < -0.3 is 25.8 Å². The van der Waals surface area contributed by atoms with E-state index in [0.29, 0.717) is 22.9 Å². The highest BCUT2D eigenvalue weighted by atomic mass is 32.2. The van der Waals surface area contributed by atoms with Crippen LogP contribution in [0.4, 0.5) is 17.2 Å². The van der Waals surface area contributed by atoms with Crippen LogP contribution in [-0.4, -0.2) is 26.2 Å². The molecule has 0 spiro atoms. The molecule has 30 heavy (non-hydrogen) atoms. The van der Waals surface area contributed by atoms with Gasteiger partial charge in [-0.3, -0.25) is 0 Å². The number of fused-ring (bicyclic) bond motifs is 2. The third-order valence-electron chi connectivity index (χ3n) is 4.96. The molecule has 0 radical (unpaired) electrons. The van der Waals surface area contributed by atoms with E-state index >= 15 is 0 Å². The SMILES string of the molecule is COc1ccc(SC2c3ccc(N(C)C)cc3Oc3nc(N)c(C#N)c(N)c32)cc1. The molecule has 0 saturated heterocycles. The number of nitrogen functional groups attached to an aromatic ring is 2. The number of hydrogen-bond acceptors (Lipinski definition) is 8. The Labute approximate surface area is 179 Å². The van der Waals surface area contributed by atoms with E-state index in [0.717, 1.165) is 21.9 Å². The lowest BCUT2D eigenvalue weighted by atomic mass is 9.98. The molecule has 4 N–H and O–H groups in total. The molecule has 152 valence electrons. The smallest absolute Gasteiger partial charge is 0.228 e. The van der Waals surface area contributed by atoms with Gasteiger partial charge in [0.2, 0.25) is 5.88 Å². The van der Waals surface area contributed by atoms with Gasteiger partial charge in [-0.2, -0.15) is 10.2 Å². The van der Waals surface area contributed by atoms with Crippen LogP contribution in [0.5, 0.6) is 17.4 Å². The lowest BCUT2D eigenvalue weighted by molar-refractivity contribution is 0.414. The van der Waals surface area contributed by atoms with Crippen LogP contribution < -0.4 is 25.8 Å². The van der Waals surface area contributed by atoms with E-state index in [2.05, 4.69) is 11.1 Å². The number of methoxy groups -OCH3 is 1. The van der Waals surface area contributed by atoms with Crippen LogP contribution in [0.15, 0.2) is 47.4 Å². The van der Waals surface area contributed by atoms with Crippen molar-refractivity contribution in [1.82, 2.24) is 4.98 Å². The molecule has 2 aromatic carbocycles. The first-order valence-corrected chi connectivity index (χ1v) is 10.1. The van der Waals surface area contributed by atoms with E-state index in [4.69, 9.17) is 20.9 Å². The monoisotopic (exact) mass is 419 g/mol. The first kappa shape index (κ1) is 19.7. The average Bonchev–Trinajstić information content (AvgIpc) is 2.73. The zero-order valence-electron chi connectivity index (χ0n) is 16.8. The number of nitriles is 1. The lowest BCUT2D eigenvalue weighted by Gasteiger charge is -2.29. The molecule has 1 unspecified atom stereocenters. The van der Waals surface area contributed by atoms with Gasteiger partial charge in [0.05, 0.1) is 23.6 Å². The summed E-state index contributed by atoms with van der Waals surface area (Å²) in [7, 11) is 5.57. The molecular formula is C22H21N5O2S. The fourth-order valence-corrected chi connectivity index (χ4v) is 4.57. The number of thioether (sulfide) groups is 1. The zero-order chi connectivity index (χ0) is 21.4. The van der Waals surface area contributed by atoms with Crippen molar-refractivity contribution in [2.75, 3.05) is 37.6 Å². The summed E-state index contributed by atoms with van der Waals surface area (Å²) in [6, 6.07) is 15.9. The Hall–Kier alpha value is -3.57. The maximum atomic E-state index is 9.51. The van der Waals surface area contributed by atoms with Crippen LogP contribution in [0.25, 0.3) is 0 Å². The molecule has 7 nitrogen and oxygen atoms in total. The molecule has 1 aliphatic heterocycles. The van der Waals surface area contributed by atoms with Gasteiger partial charge in [-0.15, -0.1) is 11.8 Å². The summed E-state index contributed by atoms with van der Waals surface area (Å²) in [5.41, 5.74) is 15.4. The molecule has 4 rings (SSSR count). The number of nitrogens with zero attached hydrogens (tertiary/aromatic N) is 3. The number of hydrogen-bond donors (Lipinski definition) is 2. The van der Waals surface area contributed by atoms with E-state index in [1.165, 1.54) is 0 Å². The molecule has 0 fully saturated rings. The standard InChI is InChI=1S/C22H21N5O2S/c1-27(2)12-4-9-15-17(10-12)29-22-18(19(24)16(11-23)21(25)26-22)20(15)30-14-7-5-13(28-3)6-8-14/h4-10,20H,1-3H3,(H4,24,25,26). The molecule has 0 saturated carbocycles. The van der Waals surface area contributed by atoms with Gasteiger partial charge in [-0.05, 0) is 30.3 Å². The summed E-state index contributed by atoms with van der Waals surface area (Å²) in [5, 5.41) is 9.30. The average molecular weight is 420 g/mol. The fraction of sp³-hybridized carbons (Fsp3) is 0.182. The van der Waals surface area contributed by atoms with Crippen molar-refractivity contribution in [3.63, 3.8) is 0 Å². The number of pyridine rings is 1. The second-order valence-corrected chi connectivity index (χ2v) is 8.19. The van der Waals surface area contributed by atoms with E-state index < -0.39 is 0 Å². The Morgan fingerprint density at radius 3 is 2.53 bits per heavy atom. The first-order valence-electron chi connectivity index (χ1n) is 9.21. The van der Waals surface area contributed by atoms with Crippen molar-refractivity contribution in [2.24, 2.45) is 0 Å². The van der Waals surface area contributed by atoms with Gasteiger partial charge in [0.1, 0.15) is 28.9 Å².